The van der Waals surface area contributed by atoms with E-state index in [4.69, 9.17) is 11.6 Å². The molecule has 29 heavy (non-hydrogen) atoms. The summed E-state index contributed by atoms with van der Waals surface area (Å²) in [5.74, 6) is -1.31. The van der Waals surface area contributed by atoms with Crippen LogP contribution in [0, 0.1) is 13.8 Å². The highest BCUT2D eigenvalue weighted by Gasteiger charge is 2.25. The molecule has 0 spiro atoms. The van der Waals surface area contributed by atoms with E-state index < -0.39 is 11.7 Å². The third-order valence-electron chi connectivity index (χ3n) is 4.62. The minimum Gasteiger partial charge on any atom is -0.343 e. The van der Waals surface area contributed by atoms with E-state index in [-0.39, 0.29) is 6.54 Å². The molecule has 0 fully saturated rings. The number of benzene rings is 1. The average molecular weight is 408 g/mol. The Morgan fingerprint density at radius 3 is 2.59 bits per heavy atom. The van der Waals surface area contributed by atoms with Gasteiger partial charge in [-0.1, -0.05) is 29.8 Å². The Labute approximate surface area is 171 Å². The quantitative estimate of drug-likeness (QED) is 0.406. The largest absolute Gasteiger partial charge is 0.343 e. The molecule has 0 aliphatic rings. The normalized spacial score (nSPS) is 11.0. The zero-order valence-corrected chi connectivity index (χ0v) is 16.6. The number of Topliss-reactive ketones (excluding diaryl/α,β-unsaturated/α-hetero) is 1. The fraction of sp³-hybridized carbons (Fsp3) is 0.143. The van der Waals surface area contributed by atoms with E-state index >= 15 is 0 Å². The number of pyridine rings is 1. The van der Waals surface area contributed by atoms with Gasteiger partial charge in [0.05, 0.1) is 39.9 Å². The second kappa shape index (κ2) is 7.52. The number of rotatable bonds is 5. The summed E-state index contributed by atoms with van der Waals surface area (Å²) in [7, 11) is 0. The highest BCUT2D eigenvalue weighted by molar-refractivity contribution is 6.43. The molecule has 0 atom stereocenters. The smallest absolute Gasteiger partial charge is 0.292 e. The zero-order valence-electron chi connectivity index (χ0n) is 15.9. The number of hydrogen-bond acceptors (Lipinski definition) is 4. The van der Waals surface area contributed by atoms with E-state index in [1.807, 2.05) is 30.3 Å². The Morgan fingerprint density at radius 1 is 1.07 bits per heavy atom. The van der Waals surface area contributed by atoms with E-state index in [2.05, 4.69) is 15.4 Å². The number of amides is 1. The molecule has 0 aliphatic heterocycles. The molecule has 0 radical (unpaired) electrons. The maximum absolute atomic E-state index is 12.8. The van der Waals surface area contributed by atoms with Gasteiger partial charge in [0.2, 0.25) is 0 Å². The number of nitrogens with zero attached hydrogens (tertiary/aromatic N) is 4. The number of imidazole rings is 1. The number of halogens is 1. The molecule has 146 valence electrons. The molecule has 1 amide bonds. The van der Waals surface area contributed by atoms with Crippen LogP contribution in [0.1, 0.15) is 27.4 Å². The van der Waals surface area contributed by atoms with Crippen LogP contribution in [0.5, 0.6) is 0 Å². The molecule has 8 heteroatoms. The van der Waals surface area contributed by atoms with Gasteiger partial charge in [0.15, 0.2) is 0 Å². The lowest BCUT2D eigenvalue weighted by atomic mass is 10.1. The van der Waals surface area contributed by atoms with E-state index in [9.17, 15) is 9.59 Å². The minimum atomic E-state index is -0.695. The van der Waals surface area contributed by atoms with Crippen LogP contribution >= 0.6 is 11.6 Å². The van der Waals surface area contributed by atoms with Crippen molar-refractivity contribution in [3.05, 3.63) is 82.5 Å². The first-order chi connectivity index (χ1) is 13.9. The summed E-state index contributed by atoms with van der Waals surface area (Å²) in [5.41, 5.74) is 3.61. The van der Waals surface area contributed by atoms with Gasteiger partial charge in [-0.2, -0.15) is 5.10 Å². The number of aryl methyl sites for hydroxylation is 1. The first kappa shape index (κ1) is 18.9. The molecule has 0 aliphatic carbocycles. The Balaban J connectivity index is 1.52. The Bertz CT molecular complexity index is 1230. The molecule has 4 aromatic rings. The fourth-order valence-corrected chi connectivity index (χ4v) is 3.43. The molecule has 4 rings (SSSR count). The molecule has 7 nitrogen and oxygen atoms in total. The third-order valence-corrected chi connectivity index (χ3v) is 4.84. The zero-order chi connectivity index (χ0) is 20.5. The second-order valence-corrected chi connectivity index (χ2v) is 7.09. The highest BCUT2D eigenvalue weighted by Crippen LogP contribution is 2.18. The van der Waals surface area contributed by atoms with Gasteiger partial charge in [-0.25, -0.2) is 9.67 Å². The van der Waals surface area contributed by atoms with Crippen molar-refractivity contribution in [3.8, 4) is 5.69 Å². The number of aromatic nitrogens is 4. The number of hydrogen-bond donors (Lipinski definition) is 1. The van der Waals surface area contributed by atoms with Gasteiger partial charge in [0.1, 0.15) is 5.65 Å². The monoisotopic (exact) mass is 407 g/mol. The molecule has 0 saturated carbocycles. The van der Waals surface area contributed by atoms with Gasteiger partial charge < -0.3 is 9.72 Å². The van der Waals surface area contributed by atoms with Gasteiger partial charge >= 0.3 is 0 Å². The summed E-state index contributed by atoms with van der Waals surface area (Å²) in [4.78, 5) is 29.6. The fourth-order valence-electron chi connectivity index (χ4n) is 3.26. The molecule has 1 N–H and O–H groups in total. The van der Waals surface area contributed by atoms with Crippen LogP contribution in [0.2, 0.25) is 5.02 Å². The summed E-state index contributed by atoms with van der Waals surface area (Å²) in [5, 5.41) is 7.65. The van der Waals surface area contributed by atoms with E-state index in [0.717, 1.165) is 5.69 Å². The summed E-state index contributed by atoms with van der Waals surface area (Å²) in [6, 6.07) is 13.0. The van der Waals surface area contributed by atoms with E-state index in [1.54, 1.807) is 47.5 Å². The summed E-state index contributed by atoms with van der Waals surface area (Å²) in [6.07, 6.45) is 3.49. The molecule has 3 aromatic heterocycles. The van der Waals surface area contributed by atoms with Crippen molar-refractivity contribution in [2.75, 3.05) is 0 Å². The number of carbonyl (C=O) groups is 2. The van der Waals surface area contributed by atoms with Gasteiger partial charge in [-0.05, 0) is 38.1 Å². The highest BCUT2D eigenvalue weighted by atomic mass is 35.5. The molecule has 0 bridgehead atoms. The third kappa shape index (κ3) is 3.64. The Morgan fingerprint density at radius 2 is 1.83 bits per heavy atom. The minimum absolute atomic E-state index is 0.134. The SMILES string of the molecule is Cc1nn(-c2ccccc2)c(C)c1C(=O)C(=O)NCc1cn2cc(Cl)ccc2n1. The van der Waals surface area contributed by atoms with E-state index in [1.165, 1.54) is 0 Å². The lowest BCUT2D eigenvalue weighted by molar-refractivity contribution is -0.117. The maximum Gasteiger partial charge on any atom is 0.292 e. The number of carbonyl (C=O) groups excluding carboxylic acids is 2. The van der Waals surface area contributed by atoms with Crippen molar-refractivity contribution in [1.29, 1.82) is 0 Å². The summed E-state index contributed by atoms with van der Waals surface area (Å²) in [6.45, 7) is 3.63. The van der Waals surface area contributed by atoms with Crippen LogP contribution in [0.25, 0.3) is 11.3 Å². The Hall–Kier alpha value is -3.45. The lowest BCUT2D eigenvalue weighted by Gasteiger charge is -2.05. The first-order valence-corrected chi connectivity index (χ1v) is 9.39. The van der Waals surface area contributed by atoms with Crippen molar-refractivity contribution in [2.45, 2.75) is 20.4 Å². The molecular weight excluding hydrogens is 390 g/mol. The van der Waals surface area contributed by atoms with Crippen LogP contribution in [-0.4, -0.2) is 30.9 Å². The number of para-hydroxylation sites is 1. The Kier molecular flexibility index (Phi) is 4.90. The average Bonchev–Trinajstić information content (AvgIpc) is 3.25. The first-order valence-electron chi connectivity index (χ1n) is 9.01. The molecule has 0 unspecified atom stereocenters. The van der Waals surface area contributed by atoms with Gasteiger partial charge in [-0.3, -0.25) is 9.59 Å². The van der Waals surface area contributed by atoms with Crippen LogP contribution in [0.4, 0.5) is 0 Å². The summed E-state index contributed by atoms with van der Waals surface area (Å²) < 4.78 is 3.44. The van der Waals surface area contributed by atoms with Crippen molar-refractivity contribution in [3.63, 3.8) is 0 Å². The molecule has 1 aromatic carbocycles. The van der Waals surface area contributed by atoms with Gasteiger partial charge in [0.25, 0.3) is 11.7 Å². The maximum atomic E-state index is 12.8. The van der Waals surface area contributed by atoms with Crippen LogP contribution < -0.4 is 5.32 Å². The van der Waals surface area contributed by atoms with Gasteiger partial charge in [-0.15, -0.1) is 0 Å². The number of nitrogens with one attached hydrogen (secondary N) is 1. The standard InChI is InChI=1S/C21H18ClN5O2/c1-13-19(14(2)27(25-13)17-6-4-3-5-7-17)20(28)21(29)23-10-16-12-26-11-15(22)8-9-18(26)24-16/h3-9,11-12H,10H2,1-2H3,(H,23,29). The number of fused-ring (bicyclic) bond motifs is 1. The van der Waals surface area contributed by atoms with Crippen LogP contribution in [0.15, 0.2) is 54.9 Å². The van der Waals surface area contributed by atoms with E-state index in [0.29, 0.717) is 33.3 Å². The second-order valence-electron chi connectivity index (χ2n) is 6.65. The molecular formula is C21H18ClN5O2. The van der Waals surface area contributed by atoms with Crippen molar-refractivity contribution in [2.24, 2.45) is 0 Å². The molecule has 0 saturated heterocycles. The topological polar surface area (TPSA) is 81.3 Å². The molecule has 3 heterocycles. The summed E-state index contributed by atoms with van der Waals surface area (Å²) >= 11 is 5.97. The predicted molar refractivity (Wildman–Crippen MR) is 109 cm³/mol. The van der Waals surface area contributed by atoms with Gasteiger partial charge in [0, 0.05) is 12.4 Å². The number of ketones is 1. The van der Waals surface area contributed by atoms with Crippen molar-refractivity contribution < 1.29 is 9.59 Å². The predicted octanol–water partition coefficient (Wildman–Crippen LogP) is 3.29. The van der Waals surface area contributed by atoms with Crippen molar-refractivity contribution in [1.82, 2.24) is 24.5 Å². The lowest BCUT2D eigenvalue weighted by Crippen LogP contribution is -2.31. The van der Waals surface area contributed by atoms with Crippen molar-refractivity contribution >= 4 is 28.9 Å². The van der Waals surface area contributed by atoms with Crippen LogP contribution in [0.3, 0.4) is 0 Å². The van der Waals surface area contributed by atoms with Crippen LogP contribution in [-0.2, 0) is 11.3 Å².